The molecule has 0 bridgehead atoms. The van der Waals surface area contributed by atoms with Gasteiger partial charge in [-0.15, -0.1) is 0 Å². The lowest BCUT2D eigenvalue weighted by atomic mass is 10.0. The van der Waals surface area contributed by atoms with Gasteiger partial charge in [-0.1, -0.05) is 43.8 Å². The summed E-state index contributed by atoms with van der Waals surface area (Å²) in [5.74, 6) is -1.67. The summed E-state index contributed by atoms with van der Waals surface area (Å²) in [6.45, 7) is 3.06. The van der Waals surface area contributed by atoms with Crippen molar-refractivity contribution in [3.05, 3.63) is 29.3 Å². The molecular formula is C19H24N2O6S2. The minimum absolute atomic E-state index is 0.0224. The molecule has 1 aromatic carbocycles. The summed E-state index contributed by atoms with van der Waals surface area (Å²) < 4.78 is 29.3. The predicted octanol–water partition coefficient (Wildman–Crippen LogP) is 1.51. The smallest absolute Gasteiger partial charge is 0.329 e. The maximum absolute atomic E-state index is 12.2. The Morgan fingerprint density at radius 1 is 1.21 bits per heavy atom. The van der Waals surface area contributed by atoms with Crippen LogP contribution in [-0.4, -0.2) is 66.6 Å². The summed E-state index contributed by atoms with van der Waals surface area (Å²) in [4.78, 5) is 28.9. The van der Waals surface area contributed by atoms with Gasteiger partial charge in [0.2, 0.25) is 0 Å². The Kier molecular flexibility index (Phi) is 6.65. The molecule has 0 saturated carbocycles. The molecule has 0 radical (unpaired) electrons. The third kappa shape index (κ3) is 4.81. The van der Waals surface area contributed by atoms with Gasteiger partial charge in [0.25, 0.3) is 5.91 Å². The SMILES string of the molecule is CCc1cccc(CC)c1N1C(=NC(=O)COCC(=O)O)SC2CS(=O)(=O)CC21. The first-order valence-corrected chi connectivity index (χ1v) is 12.1. The number of sulfone groups is 1. The number of hydrogen-bond acceptors (Lipinski definition) is 6. The average Bonchev–Trinajstić information content (AvgIpc) is 3.11. The number of nitrogens with zero attached hydrogens (tertiary/aromatic N) is 2. The molecule has 1 aromatic rings. The van der Waals surface area contributed by atoms with E-state index in [1.165, 1.54) is 11.8 Å². The van der Waals surface area contributed by atoms with Crippen LogP contribution in [-0.2, 0) is 37.0 Å². The molecule has 0 aliphatic carbocycles. The van der Waals surface area contributed by atoms with Crippen LogP contribution >= 0.6 is 11.8 Å². The lowest BCUT2D eigenvalue weighted by Gasteiger charge is -2.29. The Hall–Kier alpha value is -1.91. The van der Waals surface area contributed by atoms with Crippen LogP contribution in [0, 0.1) is 0 Å². The van der Waals surface area contributed by atoms with Gasteiger partial charge in [-0.3, -0.25) is 4.79 Å². The molecule has 2 unspecified atom stereocenters. The number of benzene rings is 1. The van der Waals surface area contributed by atoms with Gasteiger partial charge in [0.1, 0.15) is 13.2 Å². The number of carbonyl (C=O) groups is 2. The van der Waals surface area contributed by atoms with E-state index in [-0.39, 0.29) is 22.8 Å². The van der Waals surface area contributed by atoms with Crippen LogP contribution in [0.1, 0.15) is 25.0 Å². The number of carboxylic acids is 1. The molecule has 3 rings (SSSR count). The van der Waals surface area contributed by atoms with Gasteiger partial charge in [0.05, 0.1) is 17.5 Å². The summed E-state index contributed by atoms with van der Waals surface area (Å²) in [7, 11) is -3.15. The van der Waals surface area contributed by atoms with Gasteiger partial charge < -0.3 is 14.7 Å². The molecule has 0 aromatic heterocycles. The molecule has 1 amide bonds. The number of amidine groups is 1. The average molecular weight is 441 g/mol. The fraction of sp³-hybridized carbons (Fsp3) is 0.526. The van der Waals surface area contributed by atoms with Gasteiger partial charge in [-0.05, 0) is 24.0 Å². The van der Waals surface area contributed by atoms with Crippen molar-refractivity contribution in [1.82, 2.24) is 0 Å². The Bertz CT molecular complexity index is 922. The molecule has 2 aliphatic rings. The van der Waals surface area contributed by atoms with Crippen LogP contribution in [0.5, 0.6) is 0 Å². The minimum Gasteiger partial charge on any atom is -0.480 e. The maximum atomic E-state index is 12.2. The fourth-order valence-electron chi connectivity index (χ4n) is 3.72. The van der Waals surface area contributed by atoms with E-state index in [0.717, 1.165) is 29.7 Å². The van der Waals surface area contributed by atoms with Crippen molar-refractivity contribution in [2.45, 2.75) is 38.0 Å². The molecule has 1 N–H and O–H groups in total. The quantitative estimate of drug-likeness (QED) is 0.679. The zero-order valence-electron chi connectivity index (χ0n) is 16.3. The lowest BCUT2D eigenvalue weighted by molar-refractivity contribution is -0.143. The second kappa shape index (κ2) is 8.85. The Morgan fingerprint density at radius 3 is 2.45 bits per heavy atom. The van der Waals surface area contributed by atoms with Crippen molar-refractivity contribution in [1.29, 1.82) is 0 Å². The zero-order valence-corrected chi connectivity index (χ0v) is 18.0. The van der Waals surface area contributed by atoms with E-state index in [1.54, 1.807) is 0 Å². The maximum Gasteiger partial charge on any atom is 0.329 e. The predicted molar refractivity (Wildman–Crippen MR) is 112 cm³/mol. The molecule has 2 heterocycles. The topological polar surface area (TPSA) is 113 Å². The highest BCUT2D eigenvalue weighted by atomic mass is 32.2. The molecule has 2 atom stereocenters. The highest BCUT2D eigenvalue weighted by molar-refractivity contribution is 8.16. The van der Waals surface area contributed by atoms with Crippen LogP contribution in [0.3, 0.4) is 0 Å². The van der Waals surface area contributed by atoms with E-state index < -0.39 is 34.9 Å². The number of aliphatic imine (C=N–C) groups is 1. The molecule has 2 saturated heterocycles. The van der Waals surface area contributed by atoms with Crippen molar-refractivity contribution < 1.29 is 27.9 Å². The van der Waals surface area contributed by atoms with Crippen molar-refractivity contribution in [3.63, 3.8) is 0 Å². The van der Waals surface area contributed by atoms with Crippen molar-refractivity contribution in [2.75, 3.05) is 29.6 Å². The second-order valence-corrected chi connectivity index (χ2v) is 10.3. The molecule has 2 aliphatic heterocycles. The number of carboxylic acid groups (broad SMARTS) is 1. The van der Waals surface area contributed by atoms with Crippen molar-refractivity contribution >= 4 is 44.3 Å². The number of thioether (sulfide) groups is 1. The summed E-state index contributed by atoms with van der Waals surface area (Å²) in [5, 5.41) is 8.89. The standard InChI is InChI=1S/C19H24N2O6S2/c1-3-12-6-5-7-13(4-2)18(12)21-14-10-29(25,26)11-15(14)28-19(21)20-16(22)8-27-9-17(23)24/h5-7,14-15H,3-4,8-11H2,1-2H3,(H,23,24). The monoisotopic (exact) mass is 440 g/mol. The third-order valence-corrected chi connectivity index (χ3v) is 8.15. The third-order valence-electron chi connectivity index (χ3n) is 4.94. The molecule has 29 heavy (non-hydrogen) atoms. The normalized spacial score (nSPS) is 24.1. The number of fused-ring (bicyclic) bond motifs is 1. The number of rotatable bonds is 7. The summed E-state index contributed by atoms with van der Waals surface area (Å²) in [5.41, 5.74) is 3.06. The van der Waals surface area contributed by atoms with Crippen LogP contribution in [0.15, 0.2) is 23.2 Å². The number of anilines is 1. The van der Waals surface area contributed by atoms with Gasteiger partial charge in [0.15, 0.2) is 15.0 Å². The highest BCUT2D eigenvalue weighted by Crippen LogP contribution is 2.43. The van der Waals surface area contributed by atoms with Crippen molar-refractivity contribution in [3.8, 4) is 0 Å². The highest BCUT2D eigenvalue weighted by Gasteiger charge is 2.50. The number of para-hydroxylation sites is 1. The van der Waals surface area contributed by atoms with Crippen molar-refractivity contribution in [2.24, 2.45) is 4.99 Å². The second-order valence-electron chi connectivity index (χ2n) is 6.98. The summed E-state index contributed by atoms with van der Waals surface area (Å²) >= 11 is 1.30. The van der Waals surface area contributed by atoms with Gasteiger partial charge in [0, 0.05) is 10.9 Å². The largest absolute Gasteiger partial charge is 0.480 e. The number of amides is 1. The Labute approximate surface area is 174 Å². The Morgan fingerprint density at radius 2 is 1.86 bits per heavy atom. The van der Waals surface area contributed by atoms with E-state index in [9.17, 15) is 18.0 Å². The van der Waals surface area contributed by atoms with Crippen LogP contribution in [0.4, 0.5) is 5.69 Å². The Balaban J connectivity index is 1.98. The summed E-state index contributed by atoms with van der Waals surface area (Å²) in [6, 6.07) is 5.71. The van der Waals surface area contributed by atoms with E-state index in [1.807, 2.05) is 36.9 Å². The van der Waals surface area contributed by atoms with Crippen LogP contribution in [0.2, 0.25) is 0 Å². The van der Waals surface area contributed by atoms with Crippen LogP contribution < -0.4 is 4.90 Å². The zero-order chi connectivity index (χ0) is 21.2. The minimum atomic E-state index is -3.15. The first-order chi connectivity index (χ1) is 13.8. The number of aryl methyl sites for hydroxylation is 2. The molecule has 8 nitrogen and oxygen atoms in total. The van der Waals surface area contributed by atoms with E-state index in [0.29, 0.717) is 5.17 Å². The number of carbonyl (C=O) groups excluding carboxylic acids is 1. The molecule has 10 heteroatoms. The molecule has 2 fully saturated rings. The first-order valence-electron chi connectivity index (χ1n) is 9.43. The van der Waals surface area contributed by atoms with E-state index >= 15 is 0 Å². The van der Waals surface area contributed by atoms with Gasteiger partial charge in [-0.2, -0.15) is 4.99 Å². The molecule has 158 valence electrons. The summed E-state index contributed by atoms with van der Waals surface area (Å²) in [6.07, 6.45) is 1.52. The number of ether oxygens (including phenoxy) is 1. The first kappa shape index (κ1) is 21.8. The van der Waals surface area contributed by atoms with Crippen LogP contribution in [0.25, 0.3) is 0 Å². The van der Waals surface area contributed by atoms with E-state index in [2.05, 4.69) is 4.99 Å². The van der Waals surface area contributed by atoms with Gasteiger partial charge in [-0.25, -0.2) is 13.2 Å². The lowest BCUT2D eigenvalue weighted by Crippen LogP contribution is -2.39. The number of aliphatic carboxylic acids is 1. The molecule has 0 spiro atoms. The number of hydrogen-bond donors (Lipinski definition) is 1. The van der Waals surface area contributed by atoms with E-state index in [4.69, 9.17) is 9.84 Å². The van der Waals surface area contributed by atoms with Gasteiger partial charge >= 0.3 is 5.97 Å². The fourth-order valence-corrected chi connectivity index (χ4v) is 7.63. The molecular weight excluding hydrogens is 416 g/mol.